The van der Waals surface area contributed by atoms with Gasteiger partial charge in [0, 0.05) is 19.2 Å². The fourth-order valence-electron chi connectivity index (χ4n) is 2.92. The van der Waals surface area contributed by atoms with Gasteiger partial charge in [-0.25, -0.2) is 13.2 Å². The lowest BCUT2D eigenvalue weighted by molar-refractivity contribution is -0.00770. The predicted molar refractivity (Wildman–Crippen MR) is 84.9 cm³/mol. The minimum atomic E-state index is -3.69. The average Bonchev–Trinajstić information content (AvgIpc) is 2.80. The van der Waals surface area contributed by atoms with Crippen molar-refractivity contribution in [2.24, 2.45) is 0 Å². The van der Waals surface area contributed by atoms with Gasteiger partial charge in [-0.05, 0) is 32.9 Å². The zero-order valence-electron chi connectivity index (χ0n) is 13.4. The first kappa shape index (κ1) is 16.2. The third kappa shape index (κ3) is 2.60. The molecular weight excluding hydrogens is 320 g/mol. The molecule has 0 N–H and O–H groups in total. The molecule has 1 aliphatic heterocycles. The molecule has 8 heteroatoms. The highest BCUT2D eigenvalue weighted by atomic mass is 32.2. The Balaban J connectivity index is 2.10. The fraction of sp³-hybridized carbons (Fsp3) is 0.533. The molecular formula is C15H20N2O5S. The van der Waals surface area contributed by atoms with Gasteiger partial charge in [-0.15, -0.1) is 0 Å². The van der Waals surface area contributed by atoms with E-state index in [9.17, 15) is 13.2 Å². The highest BCUT2D eigenvalue weighted by Crippen LogP contribution is 2.29. The van der Waals surface area contributed by atoms with E-state index < -0.39 is 21.3 Å². The van der Waals surface area contributed by atoms with Crippen LogP contribution in [0.2, 0.25) is 0 Å². The van der Waals surface area contributed by atoms with Crippen LogP contribution in [-0.4, -0.2) is 42.6 Å². The highest BCUT2D eigenvalue weighted by Gasteiger charge is 2.39. The molecule has 0 amide bonds. The maximum atomic E-state index is 13.0. The van der Waals surface area contributed by atoms with Gasteiger partial charge >= 0.3 is 5.76 Å². The van der Waals surface area contributed by atoms with Crippen LogP contribution in [0.25, 0.3) is 11.1 Å². The van der Waals surface area contributed by atoms with Crippen molar-refractivity contribution in [3.05, 3.63) is 28.7 Å². The standard InChI is InChI=1S/C15H20N2O5S/c1-4-16-12-6-5-11(9-13(12)22-14(16)18)23(19,20)17-7-8-21-10-15(17,2)3/h5-6,9H,4,7-8,10H2,1-3H3. The second-order valence-corrected chi connectivity index (χ2v) is 8.05. The van der Waals surface area contributed by atoms with Crippen molar-refractivity contribution in [2.75, 3.05) is 19.8 Å². The predicted octanol–water partition coefficient (Wildman–Crippen LogP) is 1.41. The second kappa shape index (κ2) is 5.47. The van der Waals surface area contributed by atoms with Gasteiger partial charge in [0.05, 0.1) is 29.2 Å². The third-order valence-electron chi connectivity index (χ3n) is 4.11. The monoisotopic (exact) mass is 340 g/mol. The van der Waals surface area contributed by atoms with E-state index >= 15 is 0 Å². The molecule has 0 aliphatic carbocycles. The SMILES string of the molecule is CCn1c(=O)oc2cc(S(=O)(=O)N3CCOCC3(C)C)ccc21. The summed E-state index contributed by atoms with van der Waals surface area (Å²) in [6, 6.07) is 4.55. The topological polar surface area (TPSA) is 81.8 Å². The molecule has 1 aromatic carbocycles. The summed E-state index contributed by atoms with van der Waals surface area (Å²) in [6.45, 7) is 6.97. The number of fused-ring (bicyclic) bond motifs is 1. The molecule has 2 heterocycles. The van der Waals surface area contributed by atoms with Gasteiger partial charge in [-0.2, -0.15) is 4.31 Å². The van der Waals surface area contributed by atoms with E-state index in [4.69, 9.17) is 9.15 Å². The molecule has 0 spiro atoms. The number of rotatable bonds is 3. The van der Waals surface area contributed by atoms with Crippen LogP contribution in [0.5, 0.6) is 0 Å². The summed E-state index contributed by atoms with van der Waals surface area (Å²) in [7, 11) is -3.69. The molecule has 0 saturated carbocycles. The smallest absolute Gasteiger partial charge is 0.408 e. The Morgan fingerprint density at radius 1 is 1.30 bits per heavy atom. The van der Waals surface area contributed by atoms with E-state index in [-0.39, 0.29) is 10.5 Å². The molecule has 1 saturated heterocycles. The third-order valence-corrected chi connectivity index (χ3v) is 6.22. The number of aryl methyl sites for hydroxylation is 1. The van der Waals surface area contributed by atoms with E-state index in [1.165, 1.54) is 21.0 Å². The first-order valence-corrected chi connectivity index (χ1v) is 8.95. The molecule has 1 fully saturated rings. The number of hydrogen-bond donors (Lipinski definition) is 0. The fourth-order valence-corrected chi connectivity index (χ4v) is 4.69. The summed E-state index contributed by atoms with van der Waals surface area (Å²) in [5, 5.41) is 0. The largest absolute Gasteiger partial charge is 0.419 e. The summed E-state index contributed by atoms with van der Waals surface area (Å²) in [6.07, 6.45) is 0. The lowest BCUT2D eigenvalue weighted by atomic mass is 10.1. The van der Waals surface area contributed by atoms with Crippen LogP contribution in [0, 0.1) is 0 Å². The maximum Gasteiger partial charge on any atom is 0.419 e. The highest BCUT2D eigenvalue weighted by molar-refractivity contribution is 7.89. The summed E-state index contributed by atoms with van der Waals surface area (Å²) in [4.78, 5) is 11.9. The summed E-state index contributed by atoms with van der Waals surface area (Å²) in [5.41, 5.74) is 0.254. The first-order chi connectivity index (χ1) is 10.8. The van der Waals surface area contributed by atoms with Crippen molar-refractivity contribution in [2.45, 2.75) is 37.8 Å². The van der Waals surface area contributed by atoms with Crippen LogP contribution in [-0.2, 0) is 21.3 Å². The van der Waals surface area contributed by atoms with Crippen molar-refractivity contribution in [3.8, 4) is 0 Å². The van der Waals surface area contributed by atoms with Crippen LogP contribution in [0.1, 0.15) is 20.8 Å². The number of oxazole rings is 1. The van der Waals surface area contributed by atoms with Crippen molar-refractivity contribution < 1.29 is 17.6 Å². The number of benzene rings is 1. The van der Waals surface area contributed by atoms with Crippen molar-refractivity contribution in [3.63, 3.8) is 0 Å². The summed E-state index contributed by atoms with van der Waals surface area (Å²) in [5.74, 6) is -0.483. The Bertz CT molecular complexity index is 894. The molecule has 3 rings (SSSR count). The second-order valence-electron chi connectivity index (χ2n) is 6.18. The van der Waals surface area contributed by atoms with Gasteiger partial charge in [-0.1, -0.05) is 0 Å². The molecule has 2 aromatic rings. The van der Waals surface area contributed by atoms with E-state index in [0.29, 0.717) is 31.8 Å². The minimum Gasteiger partial charge on any atom is -0.408 e. The molecule has 0 radical (unpaired) electrons. The Morgan fingerprint density at radius 3 is 2.70 bits per heavy atom. The van der Waals surface area contributed by atoms with Crippen LogP contribution in [0.4, 0.5) is 0 Å². The molecule has 0 atom stereocenters. The molecule has 7 nitrogen and oxygen atoms in total. The summed E-state index contributed by atoms with van der Waals surface area (Å²) < 4.78 is 39.4. The zero-order valence-corrected chi connectivity index (χ0v) is 14.2. The normalized spacial score (nSPS) is 19.3. The van der Waals surface area contributed by atoms with E-state index in [1.807, 2.05) is 20.8 Å². The van der Waals surface area contributed by atoms with Gasteiger partial charge in [0.15, 0.2) is 5.58 Å². The number of morpholine rings is 1. The number of sulfonamides is 1. The number of ether oxygens (including phenoxy) is 1. The van der Waals surface area contributed by atoms with Gasteiger partial charge in [0.1, 0.15) is 0 Å². The number of nitrogens with zero attached hydrogens (tertiary/aromatic N) is 2. The number of aromatic nitrogens is 1. The number of hydrogen-bond acceptors (Lipinski definition) is 5. The van der Waals surface area contributed by atoms with Crippen LogP contribution >= 0.6 is 0 Å². The van der Waals surface area contributed by atoms with Gasteiger partial charge in [0.25, 0.3) is 0 Å². The van der Waals surface area contributed by atoms with Crippen LogP contribution in [0.3, 0.4) is 0 Å². The van der Waals surface area contributed by atoms with Gasteiger partial charge < -0.3 is 9.15 Å². The first-order valence-electron chi connectivity index (χ1n) is 7.51. The van der Waals surface area contributed by atoms with Crippen molar-refractivity contribution in [1.82, 2.24) is 8.87 Å². The van der Waals surface area contributed by atoms with E-state index in [0.717, 1.165) is 0 Å². The lowest BCUT2D eigenvalue weighted by Gasteiger charge is -2.40. The Morgan fingerprint density at radius 2 is 2.04 bits per heavy atom. The van der Waals surface area contributed by atoms with Crippen molar-refractivity contribution >= 4 is 21.1 Å². The van der Waals surface area contributed by atoms with Crippen molar-refractivity contribution in [1.29, 1.82) is 0 Å². The summed E-state index contributed by atoms with van der Waals surface area (Å²) >= 11 is 0. The van der Waals surface area contributed by atoms with Gasteiger partial charge in [-0.3, -0.25) is 4.57 Å². The van der Waals surface area contributed by atoms with E-state index in [2.05, 4.69) is 0 Å². The van der Waals surface area contributed by atoms with E-state index in [1.54, 1.807) is 6.07 Å². The molecule has 1 aliphatic rings. The zero-order chi connectivity index (χ0) is 16.8. The Labute approximate surface area is 134 Å². The van der Waals surface area contributed by atoms with Gasteiger partial charge in [0.2, 0.25) is 10.0 Å². The van der Waals surface area contributed by atoms with Crippen LogP contribution < -0.4 is 5.76 Å². The Kier molecular flexibility index (Phi) is 3.86. The molecule has 126 valence electrons. The van der Waals surface area contributed by atoms with Crippen LogP contribution in [0.15, 0.2) is 32.3 Å². The lowest BCUT2D eigenvalue weighted by Crippen LogP contribution is -2.55. The molecule has 23 heavy (non-hydrogen) atoms. The molecule has 1 aromatic heterocycles. The Hall–Kier alpha value is -1.64. The maximum absolute atomic E-state index is 13.0. The average molecular weight is 340 g/mol. The minimum absolute atomic E-state index is 0.122. The molecule has 0 unspecified atom stereocenters. The quantitative estimate of drug-likeness (QED) is 0.844. The molecule has 0 bridgehead atoms.